The third-order valence-electron chi connectivity index (χ3n) is 1.32. The summed E-state index contributed by atoms with van der Waals surface area (Å²) in [5, 5.41) is 6.92. The molecule has 1 N–H and O–H groups in total. The fourth-order valence-corrected chi connectivity index (χ4v) is 0.984. The molecule has 11 heavy (non-hydrogen) atoms. The van der Waals surface area contributed by atoms with Gasteiger partial charge in [-0.05, 0) is 30.9 Å². The van der Waals surface area contributed by atoms with Gasteiger partial charge in [-0.3, -0.25) is 0 Å². The van der Waals surface area contributed by atoms with Gasteiger partial charge in [-0.15, -0.1) is 0 Å². The zero-order chi connectivity index (χ0) is 8.69. The molecule has 0 radical (unpaired) electrons. The van der Waals surface area contributed by atoms with E-state index in [-0.39, 0.29) is 0 Å². The zero-order valence-electron chi connectivity index (χ0n) is 7.59. The molecule has 0 aliphatic carbocycles. The molecule has 1 nitrogen and oxygen atoms in total. The summed E-state index contributed by atoms with van der Waals surface area (Å²) >= 11 is 0. The average molecular weight is 151 g/mol. The molecule has 0 aromatic carbocycles. The minimum Gasteiger partial charge on any atom is -0.309 e. The minimum absolute atomic E-state index is 0.664. The van der Waals surface area contributed by atoms with Crippen LogP contribution in [0.4, 0.5) is 0 Å². The molecule has 62 valence electrons. The van der Waals surface area contributed by atoms with Crippen molar-refractivity contribution in [3.05, 3.63) is 23.8 Å². The van der Waals surface area contributed by atoms with Crippen molar-refractivity contribution in [3.63, 3.8) is 0 Å². The van der Waals surface area contributed by atoms with Gasteiger partial charge in [-0.1, -0.05) is 26.0 Å². The smallest absolute Gasteiger partial charge is 0.0180 e. The van der Waals surface area contributed by atoms with E-state index >= 15 is 0 Å². The van der Waals surface area contributed by atoms with Gasteiger partial charge in [0.05, 0.1) is 0 Å². The number of rotatable bonds is 4. The summed E-state index contributed by atoms with van der Waals surface area (Å²) in [6.45, 7) is 6.36. The highest BCUT2D eigenvalue weighted by atomic mass is 14.3. The Morgan fingerprint density at radius 2 is 2.09 bits per heavy atom. The van der Waals surface area contributed by atoms with Gasteiger partial charge in [0, 0.05) is 6.21 Å². The van der Waals surface area contributed by atoms with Crippen molar-refractivity contribution in [1.82, 2.24) is 0 Å². The summed E-state index contributed by atoms with van der Waals surface area (Å²) in [5.41, 5.74) is 1.23. The molecule has 0 rings (SSSR count). The second-order valence-electron chi connectivity index (χ2n) is 3.01. The van der Waals surface area contributed by atoms with E-state index in [1.165, 1.54) is 11.8 Å². The number of hydrogen-bond donors (Lipinski definition) is 1. The number of nitrogens with one attached hydrogen (secondary N) is 1. The van der Waals surface area contributed by atoms with Crippen molar-refractivity contribution in [2.24, 2.45) is 5.92 Å². The van der Waals surface area contributed by atoms with Crippen molar-refractivity contribution in [1.29, 1.82) is 5.41 Å². The van der Waals surface area contributed by atoms with E-state index in [2.05, 4.69) is 19.9 Å². The van der Waals surface area contributed by atoms with Gasteiger partial charge in [-0.2, -0.15) is 0 Å². The highest BCUT2D eigenvalue weighted by Gasteiger charge is 1.95. The highest BCUT2D eigenvalue weighted by molar-refractivity contribution is 5.69. The number of hydrogen-bond acceptors (Lipinski definition) is 1. The molecule has 0 unspecified atom stereocenters. The van der Waals surface area contributed by atoms with Gasteiger partial charge in [0.15, 0.2) is 0 Å². The lowest BCUT2D eigenvalue weighted by Gasteiger charge is -2.03. The van der Waals surface area contributed by atoms with E-state index in [1.807, 2.05) is 19.1 Å². The first-order valence-electron chi connectivity index (χ1n) is 4.03. The summed E-state index contributed by atoms with van der Waals surface area (Å²) in [7, 11) is 0. The van der Waals surface area contributed by atoms with E-state index in [9.17, 15) is 0 Å². The van der Waals surface area contributed by atoms with E-state index < -0.39 is 0 Å². The average Bonchev–Trinajstić information content (AvgIpc) is 1.87. The van der Waals surface area contributed by atoms with Crippen LogP contribution in [0.1, 0.15) is 27.2 Å². The summed E-state index contributed by atoms with van der Waals surface area (Å²) in [4.78, 5) is 0. The van der Waals surface area contributed by atoms with Gasteiger partial charge in [0.25, 0.3) is 0 Å². The van der Waals surface area contributed by atoms with Crippen molar-refractivity contribution in [3.8, 4) is 0 Å². The maximum Gasteiger partial charge on any atom is 0.0180 e. The van der Waals surface area contributed by atoms with Gasteiger partial charge in [0.1, 0.15) is 0 Å². The van der Waals surface area contributed by atoms with Crippen LogP contribution in [0.15, 0.2) is 23.8 Å². The van der Waals surface area contributed by atoms with Crippen molar-refractivity contribution in [2.75, 3.05) is 0 Å². The molecule has 0 spiro atoms. The number of allylic oxidation sites excluding steroid dienone is 4. The second kappa shape index (κ2) is 5.90. The van der Waals surface area contributed by atoms with Crippen molar-refractivity contribution < 1.29 is 0 Å². The van der Waals surface area contributed by atoms with E-state index in [4.69, 9.17) is 5.41 Å². The molecular weight excluding hydrogens is 134 g/mol. The second-order valence-corrected chi connectivity index (χ2v) is 3.01. The fraction of sp³-hybridized carbons (Fsp3) is 0.500. The van der Waals surface area contributed by atoms with E-state index in [1.54, 1.807) is 0 Å². The molecule has 1 heteroatoms. The van der Waals surface area contributed by atoms with E-state index in [0.29, 0.717) is 5.92 Å². The molecule has 0 bridgehead atoms. The zero-order valence-corrected chi connectivity index (χ0v) is 7.59. The summed E-state index contributed by atoms with van der Waals surface area (Å²) in [6.07, 6.45) is 8.32. The first-order chi connectivity index (χ1) is 5.20. The Hall–Kier alpha value is -0.850. The molecule has 0 atom stereocenters. The van der Waals surface area contributed by atoms with Crippen LogP contribution in [0.2, 0.25) is 0 Å². The summed E-state index contributed by atoms with van der Waals surface area (Å²) < 4.78 is 0. The maximum atomic E-state index is 6.92. The Morgan fingerprint density at radius 3 is 2.45 bits per heavy atom. The molecule has 0 aliphatic rings. The molecular formula is C10H17N. The van der Waals surface area contributed by atoms with Crippen molar-refractivity contribution in [2.45, 2.75) is 27.2 Å². The van der Waals surface area contributed by atoms with Crippen LogP contribution < -0.4 is 0 Å². The van der Waals surface area contributed by atoms with E-state index in [0.717, 1.165) is 6.42 Å². The van der Waals surface area contributed by atoms with Gasteiger partial charge >= 0.3 is 0 Å². The van der Waals surface area contributed by atoms with Crippen molar-refractivity contribution >= 4 is 6.21 Å². The third-order valence-corrected chi connectivity index (χ3v) is 1.32. The fourth-order valence-electron chi connectivity index (χ4n) is 0.984. The molecule has 0 saturated heterocycles. The first kappa shape index (κ1) is 10.2. The Labute approximate surface area is 69.3 Å². The van der Waals surface area contributed by atoms with Gasteiger partial charge in [0.2, 0.25) is 0 Å². The molecule has 0 aromatic heterocycles. The molecule has 0 amide bonds. The minimum atomic E-state index is 0.664. The van der Waals surface area contributed by atoms with Crippen LogP contribution >= 0.6 is 0 Å². The predicted molar refractivity (Wildman–Crippen MR) is 51.1 cm³/mol. The standard InChI is InChI=1S/C10H17N/c1-4-5-10(6-7-11)8-9(2)3/h4-7,9,11H,8H2,1-3H3/b5-4+,10-6-,11-7?. The van der Waals surface area contributed by atoms with Crippen LogP contribution in [0.3, 0.4) is 0 Å². The van der Waals surface area contributed by atoms with Gasteiger partial charge < -0.3 is 5.41 Å². The Bertz CT molecular complexity index is 164. The van der Waals surface area contributed by atoms with Crippen LogP contribution in [-0.4, -0.2) is 6.21 Å². The molecule has 0 saturated carbocycles. The molecule has 0 fully saturated rings. The molecule has 0 aliphatic heterocycles. The van der Waals surface area contributed by atoms with Crippen LogP contribution in [0.25, 0.3) is 0 Å². The van der Waals surface area contributed by atoms with Crippen LogP contribution in [-0.2, 0) is 0 Å². The monoisotopic (exact) mass is 151 g/mol. The predicted octanol–water partition coefficient (Wildman–Crippen LogP) is 3.18. The largest absolute Gasteiger partial charge is 0.309 e. The van der Waals surface area contributed by atoms with Crippen LogP contribution in [0, 0.1) is 11.3 Å². The maximum absolute atomic E-state index is 6.92. The SMILES string of the molecule is C/C=C/C(=C/C=N)CC(C)C. The highest BCUT2D eigenvalue weighted by Crippen LogP contribution is 2.10. The Morgan fingerprint density at radius 1 is 1.45 bits per heavy atom. The Kier molecular flexibility index (Phi) is 5.44. The lowest BCUT2D eigenvalue weighted by atomic mass is 10.0. The molecule has 0 heterocycles. The first-order valence-corrected chi connectivity index (χ1v) is 4.03. The quantitative estimate of drug-likeness (QED) is 0.471. The third kappa shape index (κ3) is 5.59. The lowest BCUT2D eigenvalue weighted by molar-refractivity contribution is 0.650. The lowest BCUT2D eigenvalue weighted by Crippen LogP contribution is -1.89. The molecule has 0 aromatic rings. The van der Waals surface area contributed by atoms with Crippen LogP contribution in [0.5, 0.6) is 0 Å². The normalized spacial score (nSPS) is 12.9. The summed E-state index contributed by atoms with van der Waals surface area (Å²) in [5.74, 6) is 0.664. The Balaban J connectivity index is 4.11. The topological polar surface area (TPSA) is 23.9 Å². The van der Waals surface area contributed by atoms with Gasteiger partial charge in [-0.25, -0.2) is 0 Å². The summed E-state index contributed by atoms with van der Waals surface area (Å²) in [6, 6.07) is 0.